The van der Waals surface area contributed by atoms with Crippen molar-refractivity contribution in [2.75, 3.05) is 40.4 Å². The maximum Gasteiger partial charge on any atom is 0.254 e. The third-order valence-electron chi connectivity index (χ3n) is 9.04. The molecule has 0 radical (unpaired) electrons. The summed E-state index contributed by atoms with van der Waals surface area (Å²) in [6.45, 7) is 8.55. The van der Waals surface area contributed by atoms with E-state index in [-0.39, 0.29) is 23.5 Å². The van der Waals surface area contributed by atoms with E-state index < -0.39 is 0 Å². The zero-order valence-corrected chi connectivity index (χ0v) is 23.1. The molecule has 0 bridgehead atoms. The highest BCUT2D eigenvalue weighted by atomic mass is 16.5. The van der Waals surface area contributed by atoms with Crippen LogP contribution in [0, 0.1) is 17.8 Å². The summed E-state index contributed by atoms with van der Waals surface area (Å²) in [7, 11) is 3.62. The minimum atomic E-state index is -0.0512. The fourth-order valence-corrected chi connectivity index (χ4v) is 7.03. The van der Waals surface area contributed by atoms with E-state index in [0.29, 0.717) is 11.8 Å². The van der Waals surface area contributed by atoms with Crippen LogP contribution in [0.1, 0.15) is 61.9 Å². The Hall–Kier alpha value is -2.37. The first-order valence-electron chi connectivity index (χ1n) is 14.2. The summed E-state index contributed by atoms with van der Waals surface area (Å²) in [4.78, 5) is 18.8. The van der Waals surface area contributed by atoms with E-state index in [0.717, 1.165) is 56.1 Å². The Labute approximate surface area is 223 Å². The smallest absolute Gasteiger partial charge is 0.254 e. The Kier molecular flexibility index (Phi) is 7.92. The molecule has 5 heteroatoms. The molecule has 3 fully saturated rings. The molecular formula is C32H44N2O3. The number of carbonyl (C=O) groups is 1. The number of methoxy groups -OCH3 is 2. The van der Waals surface area contributed by atoms with E-state index in [1.54, 1.807) is 7.11 Å². The monoisotopic (exact) mass is 504 g/mol. The Balaban J connectivity index is 1.52. The van der Waals surface area contributed by atoms with E-state index in [9.17, 15) is 4.79 Å². The van der Waals surface area contributed by atoms with Crippen LogP contribution in [0.4, 0.5) is 0 Å². The quantitative estimate of drug-likeness (QED) is 0.443. The number of benzene rings is 2. The fraction of sp³-hybridized carbons (Fsp3) is 0.594. The zero-order chi connectivity index (χ0) is 26.0. The number of likely N-dealkylation sites (tertiary alicyclic amines) is 1. The number of nitrogens with zero attached hydrogens (tertiary/aromatic N) is 2. The fourth-order valence-electron chi connectivity index (χ4n) is 7.03. The molecule has 2 saturated carbocycles. The van der Waals surface area contributed by atoms with E-state index in [1.165, 1.54) is 24.9 Å². The third-order valence-corrected chi connectivity index (χ3v) is 9.04. The number of hydrogen-bond acceptors (Lipinski definition) is 4. The first kappa shape index (κ1) is 26.2. The molecule has 4 atom stereocenters. The van der Waals surface area contributed by atoms with Crippen molar-refractivity contribution >= 4 is 5.91 Å². The van der Waals surface area contributed by atoms with E-state index >= 15 is 0 Å². The molecule has 2 aromatic carbocycles. The lowest BCUT2D eigenvalue weighted by molar-refractivity contribution is -0.0824. The van der Waals surface area contributed by atoms with Gasteiger partial charge in [-0.15, -0.1) is 0 Å². The van der Waals surface area contributed by atoms with Gasteiger partial charge in [0, 0.05) is 49.7 Å². The van der Waals surface area contributed by atoms with Gasteiger partial charge in [-0.3, -0.25) is 4.79 Å². The van der Waals surface area contributed by atoms with Gasteiger partial charge < -0.3 is 19.3 Å². The maximum atomic E-state index is 13.9. The number of piperidine rings is 1. The number of ether oxygens (including phenoxy) is 2. The first-order chi connectivity index (χ1) is 17.9. The molecule has 0 spiro atoms. The molecule has 1 saturated heterocycles. The van der Waals surface area contributed by atoms with Gasteiger partial charge in [-0.25, -0.2) is 0 Å². The van der Waals surface area contributed by atoms with Crippen LogP contribution in [0.5, 0.6) is 5.75 Å². The molecule has 0 N–H and O–H groups in total. The number of fused-ring (bicyclic) bond motifs is 1. The van der Waals surface area contributed by atoms with Gasteiger partial charge in [-0.05, 0) is 80.3 Å². The molecule has 2 aromatic rings. The van der Waals surface area contributed by atoms with Crippen LogP contribution in [0.2, 0.25) is 0 Å². The molecule has 3 aliphatic rings. The summed E-state index contributed by atoms with van der Waals surface area (Å²) in [5, 5.41) is 0. The SMILES string of the molecule is COc1cccc(C23CCN(CC4CC4)CC2C(OC)CC(N(CC(C)C)C(=O)c2ccccc2)C3)c1. The van der Waals surface area contributed by atoms with Crippen LogP contribution >= 0.6 is 0 Å². The number of rotatable bonds is 9. The van der Waals surface area contributed by atoms with Crippen molar-refractivity contribution < 1.29 is 14.3 Å². The van der Waals surface area contributed by atoms with Crippen LogP contribution in [0.25, 0.3) is 0 Å². The second kappa shape index (κ2) is 11.2. The summed E-state index contributed by atoms with van der Waals surface area (Å²) in [6, 6.07) is 18.6. The Bertz CT molecular complexity index is 1050. The molecule has 4 unspecified atom stereocenters. The molecule has 200 valence electrons. The van der Waals surface area contributed by atoms with Gasteiger partial charge in [-0.1, -0.05) is 44.2 Å². The van der Waals surface area contributed by atoms with Crippen LogP contribution in [-0.4, -0.2) is 68.3 Å². The normalized spacial score (nSPS) is 28.1. The third kappa shape index (κ3) is 5.58. The number of hydrogen-bond donors (Lipinski definition) is 0. The lowest BCUT2D eigenvalue weighted by Crippen LogP contribution is -2.62. The molecule has 37 heavy (non-hydrogen) atoms. The van der Waals surface area contributed by atoms with Gasteiger partial charge in [0.05, 0.1) is 13.2 Å². The Morgan fingerprint density at radius 1 is 1.11 bits per heavy atom. The summed E-state index contributed by atoms with van der Waals surface area (Å²) in [6.07, 6.45) is 5.80. The van der Waals surface area contributed by atoms with Crippen molar-refractivity contribution in [2.45, 2.75) is 63.5 Å². The standard InChI is InChI=1S/C32H44N2O3/c1-23(2)20-34(31(35)25-9-6-5-7-10-25)27-18-30(37-4)29-22-33(21-24-13-14-24)16-15-32(29,19-27)26-11-8-12-28(17-26)36-3/h5-12,17,23-24,27,29-30H,13-16,18-22H2,1-4H3. The predicted molar refractivity (Wildman–Crippen MR) is 148 cm³/mol. The van der Waals surface area contributed by atoms with E-state index in [4.69, 9.17) is 9.47 Å². The molecule has 5 nitrogen and oxygen atoms in total. The van der Waals surface area contributed by atoms with Gasteiger partial charge in [0.25, 0.3) is 5.91 Å². The molecule has 1 aliphatic heterocycles. The van der Waals surface area contributed by atoms with E-state index in [1.807, 2.05) is 43.5 Å². The van der Waals surface area contributed by atoms with Gasteiger partial charge in [0.1, 0.15) is 5.75 Å². The van der Waals surface area contributed by atoms with Crippen molar-refractivity contribution in [3.05, 3.63) is 65.7 Å². The lowest BCUT2D eigenvalue weighted by atomic mass is 9.56. The van der Waals surface area contributed by atoms with Crippen molar-refractivity contribution in [3.8, 4) is 5.75 Å². The Morgan fingerprint density at radius 3 is 2.57 bits per heavy atom. The average Bonchev–Trinajstić information content (AvgIpc) is 3.75. The minimum absolute atomic E-state index is 0.0512. The van der Waals surface area contributed by atoms with Crippen LogP contribution in [-0.2, 0) is 10.2 Å². The number of amides is 1. The largest absolute Gasteiger partial charge is 0.497 e. The highest BCUT2D eigenvalue weighted by molar-refractivity contribution is 5.94. The highest BCUT2D eigenvalue weighted by Gasteiger charge is 2.54. The summed E-state index contributed by atoms with van der Waals surface area (Å²) in [5.41, 5.74) is 2.06. The molecule has 1 amide bonds. The van der Waals surface area contributed by atoms with Crippen molar-refractivity contribution in [3.63, 3.8) is 0 Å². The Morgan fingerprint density at radius 2 is 1.89 bits per heavy atom. The molecule has 0 aromatic heterocycles. The van der Waals surface area contributed by atoms with Gasteiger partial charge in [0.2, 0.25) is 0 Å². The van der Waals surface area contributed by atoms with Gasteiger partial charge in [-0.2, -0.15) is 0 Å². The molecular weight excluding hydrogens is 460 g/mol. The highest BCUT2D eigenvalue weighted by Crippen LogP contribution is 2.52. The minimum Gasteiger partial charge on any atom is -0.497 e. The summed E-state index contributed by atoms with van der Waals surface area (Å²) >= 11 is 0. The topological polar surface area (TPSA) is 42.0 Å². The van der Waals surface area contributed by atoms with Crippen LogP contribution in [0.3, 0.4) is 0 Å². The first-order valence-corrected chi connectivity index (χ1v) is 14.2. The molecule has 1 heterocycles. The zero-order valence-electron chi connectivity index (χ0n) is 23.1. The molecule has 5 rings (SSSR count). The molecule has 2 aliphatic carbocycles. The van der Waals surface area contributed by atoms with Crippen LogP contribution in [0.15, 0.2) is 54.6 Å². The second-order valence-corrected chi connectivity index (χ2v) is 12.0. The number of carbonyl (C=O) groups excluding carboxylic acids is 1. The second-order valence-electron chi connectivity index (χ2n) is 12.0. The maximum absolute atomic E-state index is 13.9. The van der Waals surface area contributed by atoms with Gasteiger partial charge in [0.15, 0.2) is 0 Å². The van der Waals surface area contributed by atoms with E-state index in [2.05, 4.69) is 41.8 Å². The van der Waals surface area contributed by atoms with Crippen molar-refractivity contribution in [2.24, 2.45) is 17.8 Å². The van der Waals surface area contributed by atoms with Crippen molar-refractivity contribution in [1.29, 1.82) is 0 Å². The predicted octanol–water partition coefficient (Wildman–Crippen LogP) is 5.64. The average molecular weight is 505 g/mol. The summed E-state index contributed by atoms with van der Waals surface area (Å²) < 4.78 is 12.0. The summed E-state index contributed by atoms with van der Waals surface area (Å²) in [5.74, 6) is 2.70. The van der Waals surface area contributed by atoms with Crippen molar-refractivity contribution in [1.82, 2.24) is 9.80 Å². The van der Waals surface area contributed by atoms with Crippen LogP contribution < -0.4 is 4.74 Å². The van der Waals surface area contributed by atoms with Gasteiger partial charge >= 0.3 is 0 Å². The lowest BCUT2D eigenvalue weighted by Gasteiger charge is -2.57.